The van der Waals surface area contributed by atoms with Gasteiger partial charge in [-0.1, -0.05) is 46.3 Å². The van der Waals surface area contributed by atoms with E-state index in [1.807, 2.05) is 12.1 Å². The van der Waals surface area contributed by atoms with Gasteiger partial charge < -0.3 is 4.74 Å². The van der Waals surface area contributed by atoms with E-state index in [4.69, 9.17) is 4.74 Å². The van der Waals surface area contributed by atoms with Crippen LogP contribution in [0.4, 0.5) is 0 Å². The molecule has 0 aliphatic carbocycles. The van der Waals surface area contributed by atoms with Crippen molar-refractivity contribution in [3.05, 3.63) is 52.2 Å². The van der Waals surface area contributed by atoms with Crippen LogP contribution in [0.2, 0.25) is 0 Å². The molecule has 3 heteroatoms. The van der Waals surface area contributed by atoms with Gasteiger partial charge in [-0.2, -0.15) is 0 Å². The first kappa shape index (κ1) is 11.7. The summed E-state index contributed by atoms with van der Waals surface area (Å²) in [5, 5.41) is 2.06. The molecule has 0 N–H and O–H groups in total. The van der Waals surface area contributed by atoms with Crippen molar-refractivity contribution in [3.8, 4) is 5.75 Å². The Morgan fingerprint density at radius 2 is 2.00 bits per heavy atom. The van der Waals surface area contributed by atoms with Gasteiger partial charge in [-0.05, 0) is 23.4 Å². The number of thiophene rings is 1. The molecule has 84 valence electrons. The first-order chi connectivity index (χ1) is 7.81. The van der Waals surface area contributed by atoms with Crippen molar-refractivity contribution < 1.29 is 4.74 Å². The predicted octanol–water partition coefficient (Wildman–Crippen LogP) is 4.44. The molecule has 0 bridgehead atoms. The lowest BCUT2D eigenvalue weighted by Gasteiger charge is -2.10. The van der Waals surface area contributed by atoms with Gasteiger partial charge in [0.05, 0.1) is 16.8 Å². The Kier molecular flexibility index (Phi) is 4.02. The van der Waals surface area contributed by atoms with E-state index in [1.165, 1.54) is 10.4 Å². The molecule has 1 aromatic heterocycles. The van der Waals surface area contributed by atoms with E-state index >= 15 is 0 Å². The molecule has 0 radical (unpaired) electrons. The summed E-state index contributed by atoms with van der Waals surface area (Å²) < 4.78 is 5.32. The zero-order valence-corrected chi connectivity index (χ0v) is 11.4. The molecule has 0 fully saturated rings. The van der Waals surface area contributed by atoms with Crippen LogP contribution in [-0.2, 0) is 6.42 Å². The van der Waals surface area contributed by atoms with Crippen LogP contribution in [0.15, 0.2) is 41.8 Å². The molecule has 1 atom stereocenters. The lowest BCUT2D eigenvalue weighted by molar-refractivity contribution is 0.412. The minimum atomic E-state index is 0.324. The SMILES string of the molecule is COc1ccsc1C(Br)Cc1ccccc1. The van der Waals surface area contributed by atoms with Crippen LogP contribution in [0.3, 0.4) is 0 Å². The Morgan fingerprint density at radius 1 is 1.25 bits per heavy atom. The number of methoxy groups -OCH3 is 1. The number of halogens is 1. The molecule has 2 aromatic rings. The molecule has 0 aliphatic rings. The second-order valence-electron chi connectivity index (χ2n) is 3.51. The van der Waals surface area contributed by atoms with E-state index in [1.54, 1.807) is 18.4 Å². The van der Waals surface area contributed by atoms with E-state index < -0.39 is 0 Å². The van der Waals surface area contributed by atoms with Gasteiger partial charge in [0.1, 0.15) is 5.75 Å². The molecule has 1 aromatic carbocycles. The molecule has 16 heavy (non-hydrogen) atoms. The summed E-state index contributed by atoms with van der Waals surface area (Å²) in [6, 6.07) is 12.5. The molecular formula is C13H13BrOS. The van der Waals surface area contributed by atoms with Crippen molar-refractivity contribution in [2.75, 3.05) is 7.11 Å². The van der Waals surface area contributed by atoms with Gasteiger partial charge in [0.25, 0.3) is 0 Å². The number of benzene rings is 1. The normalized spacial score (nSPS) is 12.4. The quantitative estimate of drug-likeness (QED) is 0.758. The fourth-order valence-electron chi connectivity index (χ4n) is 1.62. The zero-order chi connectivity index (χ0) is 11.4. The van der Waals surface area contributed by atoms with Crippen molar-refractivity contribution >= 4 is 27.3 Å². The van der Waals surface area contributed by atoms with E-state index in [0.717, 1.165) is 12.2 Å². The highest BCUT2D eigenvalue weighted by Crippen LogP contribution is 2.37. The van der Waals surface area contributed by atoms with Crippen LogP contribution in [0.25, 0.3) is 0 Å². The molecule has 0 saturated carbocycles. The lowest BCUT2D eigenvalue weighted by Crippen LogP contribution is -1.95. The number of hydrogen-bond donors (Lipinski definition) is 0. The number of hydrogen-bond acceptors (Lipinski definition) is 2. The van der Waals surface area contributed by atoms with Crippen molar-refractivity contribution in [2.24, 2.45) is 0 Å². The van der Waals surface area contributed by atoms with Gasteiger partial charge in [-0.3, -0.25) is 0 Å². The van der Waals surface area contributed by atoms with Gasteiger partial charge in [0, 0.05) is 0 Å². The van der Waals surface area contributed by atoms with Crippen LogP contribution in [0, 0.1) is 0 Å². The maximum atomic E-state index is 5.32. The standard InChI is InChI=1S/C13H13BrOS/c1-15-12-7-8-16-13(12)11(14)9-10-5-3-2-4-6-10/h2-8,11H,9H2,1H3. The maximum Gasteiger partial charge on any atom is 0.133 e. The van der Waals surface area contributed by atoms with Crippen molar-refractivity contribution in [1.82, 2.24) is 0 Å². The topological polar surface area (TPSA) is 9.23 Å². The van der Waals surface area contributed by atoms with E-state index in [2.05, 4.69) is 45.6 Å². The molecule has 0 aliphatic heterocycles. The Morgan fingerprint density at radius 3 is 2.69 bits per heavy atom. The van der Waals surface area contributed by atoms with E-state index in [0.29, 0.717) is 4.83 Å². The fourth-order valence-corrected chi connectivity index (χ4v) is 3.38. The summed E-state index contributed by atoms with van der Waals surface area (Å²) in [5.74, 6) is 0.975. The van der Waals surface area contributed by atoms with Gasteiger partial charge in [0.15, 0.2) is 0 Å². The summed E-state index contributed by atoms with van der Waals surface area (Å²) >= 11 is 5.45. The van der Waals surface area contributed by atoms with Crippen molar-refractivity contribution in [3.63, 3.8) is 0 Å². The average molecular weight is 297 g/mol. The Balaban J connectivity index is 2.11. The zero-order valence-electron chi connectivity index (χ0n) is 9.02. The Hall–Kier alpha value is -0.800. The Bertz CT molecular complexity index is 438. The van der Waals surface area contributed by atoms with Crippen LogP contribution >= 0.6 is 27.3 Å². The smallest absolute Gasteiger partial charge is 0.133 e. The fraction of sp³-hybridized carbons (Fsp3) is 0.231. The summed E-state index contributed by atoms with van der Waals surface area (Å²) in [4.78, 5) is 1.58. The molecule has 0 spiro atoms. The maximum absolute atomic E-state index is 5.32. The van der Waals surface area contributed by atoms with Crippen LogP contribution in [0.1, 0.15) is 15.3 Å². The number of rotatable bonds is 4. The summed E-state index contributed by atoms with van der Waals surface area (Å²) in [7, 11) is 1.72. The first-order valence-corrected chi connectivity index (χ1v) is 6.90. The van der Waals surface area contributed by atoms with Gasteiger partial charge >= 0.3 is 0 Å². The highest BCUT2D eigenvalue weighted by Gasteiger charge is 2.14. The van der Waals surface area contributed by atoms with Crippen LogP contribution < -0.4 is 4.74 Å². The van der Waals surface area contributed by atoms with E-state index in [9.17, 15) is 0 Å². The second kappa shape index (κ2) is 5.51. The third kappa shape index (κ3) is 2.66. The summed E-state index contributed by atoms with van der Waals surface area (Å²) in [6.45, 7) is 0. The van der Waals surface area contributed by atoms with Crippen LogP contribution in [0.5, 0.6) is 5.75 Å². The molecule has 0 amide bonds. The lowest BCUT2D eigenvalue weighted by atomic mass is 10.1. The third-order valence-corrected chi connectivity index (χ3v) is 4.52. The van der Waals surface area contributed by atoms with Gasteiger partial charge in [-0.25, -0.2) is 0 Å². The highest BCUT2D eigenvalue weighted by atomic mass is 79.9. The minimum Gasteiger partial charge on any atom is -0.496 e. The van der Waals surface area contributed by atoms with Gasteiger partial charge in [-0.15, -0.1) is 11.3 Å². The second-order valence-corrected chi connectivity index (χ2v) is 5.56. The molecule has 1 nitrogen and oxygen atoms in total. The predicted molar refractivity (Wildman–Crippen MR) is 72.7 cm³/mol. The number of alkyl halides is 1. The minimum absolute atomic E-state index is 0.324. The molecule has 2 rings (SSSR count). The molecule has 0 saturated heterocycles. The largest absolute Gasteiger partial charge is 0.496 e. The summed E-state index contributed by atoms with van der Waals surface area (Å²) in [6.07, 6.45) is 0.984. The molecule has 1 unspecified atom stereocenters. The van der Waals surface area contributed by atoms with Gasteiger partial charge in [0.2, 0.25) is 0 Å². The first-order valence-electron chi connectivity index (χ1n) is 5.10. The highest BCUT2D eigenvalue weighted by molar-refractivity contribution is 9.09. The molecule has 1 heterocycles. The van der Waals surface area contributed by atoms with Crippen molar-refractivity contribution in [1.29, 1.82) is 0 Å². The van der Waals surface area contributed by atoms with E-state index in [-0.39, 0.29) is 0 Å². The summed E-state index contributed by atoms with van der Waals surface area (Å²) in [5.41, 5.74) is 1.33. The number of ether oxygens (including phenoxy) is 1. The average Bonchev–Trinajstić information content (AvgIpc) is 2.78. The molecular weight excluding hydrogens is 284 g/mol. The monoisotopic (exact) mass is 296 g/mol. The van der Waals surface area contributed by atoms with Crippen LogP contribution in [-0.4, -0.2) is 7.11 Å². The van der Waals surface area contributed by atoms with Crippen molar-refractivity contribution in [2.45, 2.75) is 11.2 Å². The Labute approximate surface area is 108 Å². The third-order valence-electron chi connectivity index (χ3n) is 2.42.